The molecule has 106 valence electrons. The molecule has 1 N–H and O–H groups in total. The lowest BCUT2D eigenvalue weighted by Crippen LogP contribution is -2.29. The van der Waals surface area contributed by atoms with Crippen LogP contribution >= 0.6 is 0 Å². The minimum atomic E-state index is 0.0892. The maximum Gasteiger partial charge on any atom is 0.251 e. The Morgan fingerprint density at radius 3 is 2.75 bits per heavy atom. The number of hydrogen-bond donors (Lipinski definition) is 1. The number of fused-ring (bicyclic) bond motifs is 1. The molecule has 0 atom stereocenters. The van der Waals surface area contributed by atoms with E-state index in [1.54, 1.807) is 6.07 Å². The second kappa shape index (κ2) is 6.23. The molecule has 3 rings (SSSR count). The minimum Gasteiger partial charge on any atom is -0.315 e. The van der Waals surface area contributed by atoms with Crippen molar-refractivity contribution >= 4 is 10.9 Å². The van der Waals surface area contributed by atoms with Crippen LogP contribution in [0.2, 0.25) is 0 Å². The Hall–Kier alpha value is -1.61. The van der Waals surface area contributed by atoms with Crippen molar-refractivity contribution in [2.24, 2.45) is 5.92 Å². The molecule has 0 saturated heterocycles. The second-order valence-corrected chi connectivity index (χ2v) is 5.74. The van der Waals surface area contributed by atoms with Crippen LogP contribution in [0.1, 0.15) is 25.7 Å². The lowest BCUT2D eigenvalue weighted by atomic mass is 10.1. The fourth-order valence-corrected chi connectivity index (χ4v) is 3.19. The molecular weight excluding hydrogens is 248 g/mol. The summed E-state index contributed by atoms with van der Waals surface area (Å²) in [6, 6.07) is 11.6. The summed E-state index contributed by atoms with van der Waals surface area (Å²) in [5.41, 5.74) is 1.12. The van der Waals surface area contributed by atoms with E-state index in [1.807, 2.05) is 28.8 Å². The van der Waals surface area contributed by atoms with Crippen LogP contribution in [0, 0.1) is 5.92 Å². The van der Waals surface area contributed by atoms with Crippen LogP contribution in [-0.4, -0.2) is 17.7 Å². The van der Waals surface area contributed by atoms with E-state index in [4.69, 9.17) is 0 Å². The smallest absolute Gasteiger partial charge is 0.251 e. The quantitative estimate of drug-likeness (QED) is 0.848. The van der Waals surface area contributed by atoms with Crippen LogP contribution in [0.25, 0.3) is 10.9 Å². The first-order valence-electron chi connectivity index (χ1n) is 7.64. The van der Waals surface area contributed by atoms with Crippen molar-refractivity contribution in [2.45, 2.75) is 32.2 Å². The number of rotatable bonds is 5. The van der Waals surface area contributed by atoms with E-state index in [9.17, 15) is 4.79 Å². The van der Waals surface area contributed by atoms with Crippen molar-refractivity contribution in [1.29, 1.82) is 0 Å². The predicted molar refractivity (Wildman–Crippen MR) is 83.0 cm³/mol. The molecule has 0 unspecified atom stereocenters. The van der Waals surface area contributed by atoms with Crippen LogP contribution < -0.4 is 10.9 Å². The Morgan fingerprint density at radius 1 is 1.10 bits per heavy atom. The zero-order valence-electron chi connectivity index (χ0n) is 11.8. The van der Waals surface area contributed by atoms with E-state index in [0.29, 0.717) is 0 Å². The molecule has 1 saturated carbocycles. The van der Waals surface area contributed by atoms with Gasteiger partial charge in [-0.3, -0.25) is 4.79 Å². The van der Waals surface area contributed by atoms with Gasteiger partial charge in [-0.05, 0) is 42.8 Å². The monoisotopic (exact) mass is 270 g/mol. The number of para-hydroxylation sites is 1. The molecule has 1 heterocycles. The number of nitrogens with one attached hydrogen (secondary N) is 1. The van der Waals surface area contributed by atoms with Crippen LogP contribution in [0.15, 0.2) is 41.2 Å². The number of benzene rings is 1. The average molecular weight is 270 g/mol. The summed E-state index contributed by atoms with van der Waals surface area (Å²) >= 11 is 0. The number of aromatic nitrogens is 1. The maximum absolute atomic E-state index is 12.0. The van der Waals surface area contributed by atoms with Crippen LogP contribution in [0.3, 0.4) is 0 Å². The number of nitrogens with zero attached hydrogens (tertiary/aromatic N) is 1. The lowest BCUT2D eigenvalue weighted by Gasteiger charge is -2.13. The molecule has 1 aromatic heterocycles. The molecule has 1 aliphatic rings. The fraction of sp³-hybridized carbons (Fsp3) is 0.471. The molecule has 3 nitrogen and oxygen atoms in total. The van der Waals surface area contributed by atoms with Gasteiger partial charge in [0.15, 0.2) is 0 Å². The second-order valence-electron chi connectivity index (χ2n) is 5.74. The highest BCUT2D eigenvalue weighted by atomic mass is 16.1. The van der Waals surface area contributed by atoms with Gasteiger partial charge in [-0.15, -0.1) is 0 Å². The third-order valence-electron chi connectivity index (χ3n) is 4.32. The van der Waals surface area contributed by atoms with Crippen molar-refractivity contribution in [3.8, 4) is 0 Å². The molecule has 1 aliphatic carbocycles. The lowest BCUT2D eigenvalue weighted by molar-refractivity contribution is 0.476. The Labute approximate surface area is 119 Å². The van der Waals surface area contributed by atoms with Crippen LogP contribution in [0.4, 0.5) is 0 Å². The predicted octanol–water partition coefficient (Wildman–Crippen LogP) is 2.78. The Morgan fingerprint density at radius 2 is 1.90 bits per heavy atom. The summed E-state index contributed by atoms with van der Waals surface area (Å²) in [6.07, 6.45) is 5.49. The maximum atomic E-state index is 12.0. The fourth-order valence-electron chi connectivity index (χ4n) is 3.19. The largest absolute Gasteiger partial charge is 0.315 e. The SMILES string of the molecule is O=c1ccc2ccccc2n1CCNCC1CCCC1. The minimum absolute atomic E-state index is 0.0892. The Bertz CT molecular complexity index is 626. The molecule has 3 heteroatoms. The van der Waals surface area contributed by atoms with Gasteiger partial charge < -0.3 is 9.88 Å². The first-order valence-corrected chi connectivity index (χ1v) is 7.64. The van der Waals surface area contributed by atoms with E-state index < -0.39 is 0 Å². The van der Waals surface area contributed by atoms with Gasteiger partial charge in [0.25, 0.3) is 5.56 Å². The van der Waals surface area contributed by atoms with E-state index in [-0.39, 0.29) is 5.56 Å². The molecule has 0 radical (unpaired) electrons. The highest BCUT2D eigenvalue weighted by molar-refractivity contribution is 5.78. The first kappa shape index (κ1) is 13.4. The molecular formula is C17H22N2O. The summed E-state index contributed by atoms with van der Waals surface area (Å²) < 4.78 is 1.87. The van der Waals surface area contributed by atoms with Crippen molar-refractivity contribution < 1.29 is 0 Å². The Balaban J connectivity index is 1.64. The average Bonchev–Trinajstić information content (AvgIpc) is 2.98. The standard InChI is InChI=1S/C17H22N2O/c20-17-10-9-15-7-3-4-8-16(15)19(17)12-11-18-13-14-5-1-2-6-14/h3-4,7-10,14,18H,1-2,5-6,11-13H2. The molecule has 20 heavy (non-hydrogen) atoms. The van der Waals surface area contributed by atoms with Gasteiger partial charge in [-0.2, -0.15) is 0 Å². The van der Waals surface area contributed by atoms with E-state index >= 15 is 0 Å². The van der Waals surface area contributed by atoms with Gasteiger partial charge in [-0.1, -0.05) is 31.0 Å². The van der Waals surface area contributed by atoms with E-state index in [1.165, 1.54) is 25.7 Å². The summed E-state index contributed by atoms with van der Waals surface area (Å²) in [7, 11) is 0. The third kappa shape index (κ3) is 2.93. The summed E-state index contributed by atoms with van der Waals surface area (Å²) in [5, 5.41) is 4.64. The van der Waals surface area contributed by atoms with Crippen molar-refractivity contribution in [3.63, 3.8) is 0 Å². The normalized spacial score (nSPS) is 16.0. The Kier molecular flexibility index (Phi) is 4.16. The number of pyridine rings is 1. The van der Waals surface area contributed by atoms with Gasteiger partial charge in [0.2, 0.25) is 0 Å². The summed E-state index contributed by atoms with van der Waals surface area (Å²) in [6.45, 7) is 2.71. The topological polar surface area (TPSA) is 34.0 Å². The van der Waals surface area contributed by atoms with E-state index in [2.05, 4.69) is 11.4 Å². The molecule has 1 aromatic carbocycles. The van der Waals surface area contributed by atoms with Gasteiger partial charge in [-0.25, -0.2) is 0 Å². The molecule has 1 fully saturated rings. The molecule has 2 aromatic rings. The van der Waals surface area contributed by atoms with Gasteiger partial charge in [0.05, 0.1) is 5.52 Å². The molecule has 0 amide bonds. The first-order chi connectivity index (χ1) is 9.84. The summed E-state index contributed by atoms with van der Waals surface area (Å²) in [4.78, 5) is 12.0. The van der Waals surface area contributed by atoms with Gasteiger partial charge in [0.1, 0.15) is 0 Å². The van der Waals surface area contributed by atoms with E-state index in [0.717, 1.165) is 36.5 Å². The number of hydrogen-bond acceptors (Lipinski definition) is 2. The van der Waals surface area contributed by atoms with Crippen LogP contribution in [0.5, 0.6) is 0 Å². The highest BCUT2D eigenvalue weighted by Crippen LogP contribution is 2.23. The van der Waals surface area contributed by atoms with Crippen molar-refractivity contribution in [1.82, 2.24) is 9.88 Å². The van der Waals surface area contributed by atoms with Gasteiger partial charge >= 0.3 is 0 Å². The molecule has 0 aliphatic heterocycles. The third-order valence-corrected chi connectivity index (χ3v) is 4.32. The summed E-state index contributed by atoms with van der Waals surface area (Å²) in [5.74, 6) is 0.847. The zero-order chi connectivity index (χ0) is 13.8. The molecule has 0 spiro atoms. The van der Waals surface area contributed by atoms with Crippen LogP contribution in [-0.2, 0) is 6.54 Å². The zero-order valence-corrected chi connectivity index (χ0v) is 11.8. The molecule has 0 bridgehead atoms. The highest BCUT2D eigenvalue weighted by Gasteiger charge is 2.13. The van der Waals surface area contributed by atoms with Gasteiger partial charge in [0, 0.05) is 19.2 Å². The van der Waals surface area contributed by atoms with Crippen molar-refractivity contribution in [2.75, 3.05) is 13.1 Å². The van der Waals surface area contributed by atoms with Crippen molar-refractivity contribution in [3.05, 3.63) is 46.8 Å².